The Morgan fingerprint density at radius 3 is 2.11 bits per heavy atom. The van der Waals surface area contributed by atoms with Crippen molar-refractivity contribution in [2.24, 2.45) is 5.92 Å². The number of cyclic esters (lactones) is 1. The number of aromatic hydroxyl groups is 1. The highest BCUT2D eigenvalue weighted by Gasteiger charge is 2.40. The van der Waals surface area contributed by atoms with Crippen LogP contribution >= 0.6 is 0 Å². The smallest absolute Gasteiger partial charge is 0.329 e. The first kappa shape index (κ1) is 34.7. The number of aliphatic hydroxyl groups excluding tert-OH is 1. The number of carbonyl (C=O) groups is 4. The highest BCUT2D eigenvalue weighted by Crippen LogP contribution is 2.26. The third kappa shape index (κ3) is 7.65. The molecule has 0 spiro atoms. The van der Waals surface area contributed by atoms with Crippen molar-refractivity contribution in [1.82, 2.24) is 20.9 Å². The van der Waals surface area contributed by atoms with Gasteiger partial charge < -0.3 is 30.9 Å². The molecule has 5 N–H and O–H groups in total. The number of amides is 3. The number of hydrogen-bond acceptors (Lipinski definition) is 8. The molecule has 3 amide bonds. The van der Waals surface area contributed by atoms with Crippen LogP contribution in [0, 0.1) is 35.0 Å². The van der Waals surface area contributed by atoms with Gasteiger partial charge in [-0.1, -0.05) is 37.3 Å². The van der Waals surface area contributed by atoms with E-state index in [1.54, 1.807) is 30.3 Å². The Hall–Kier alpha value is -5.12. The van der Waals surface area contributed by atoms with Gasteiger partial charge in [0.1, 0.15) is 23.9 Å². The van der Waals surface area contributed by atoms with Crippen molar-refractivity contribution in [1.29, 1.82) is 0 Å². The molecule has 2 aromatic carbocycles. The van der Waals surface area contributed by atoms with E-state index in [4.69, 9.17) is 4.74 Å². The molecule has 1 unspecified atom stereocenters. The van der Waals surface area contributed by atoms with Crippen LogP contribution < -0.4 is 16.0 Å². The van der Waals surface area contributed by atoms with E-state index in [1.165, 1.54) is 13.0 Å². The van der Waals surface area contributed by atoms with Crippen LogP contribution in [0.3, 0.4) is 0 Å². The predicted octanol–water partition coefficient (Wildman–Crippen LogP) is 1.98. The molecule has 11 nitrogen and oxygen atoms in total. The van der Waals surface area contributed by atoms with Crippen LogP contribution in [-0.4, -0.2) is 69.2 Å². The van der Waals surface area contributed by atoms with Gasteiger partial charge >= 0.3 is 5.97 Å². The molecule has 6 atom stereocenters. The molecule has 1 aliphatic rings. The number of hydrogen-bond donors (Lipinski definition) is 5. The van der Waals surface area contributed by atoms with Crippen LogP contribution in [-0.2, 0) is 32.0 Å². The molecule has 0 saturated carbocycles. The predicted molar refractivity (Wildman–Crippen MR) is 152 cm³/mol. The molecule has 0 radical (unpaired) electrons. The maximum Gasteiger partial charge on any atom is 0.329 e. The number of aliphatic hydroxyl groups is 1. The van der Waals surface area contributed by atoms with Crippen molar-refractivity contribution in [2.75, 3.05) is 0 Å². The summed E-state index contributed by atoms with van der Waals surface area (Å²) in [6, 6.07) is 5.61. The number of ether oxygens (including phenoxy) is 1. The second-order valence-corrected chi connectivity index (χ2v) is 10.9. The minimum absolute atomic E-state index is 0.125. The summed E-state index contributed by atoms with van der Waals surface area (Å²) in [6.07, 6.45) is -3.77. The van der Waals surface area contributed by atoms with E-state index < -0.39 is 112 Å². The summed E-state index contributed by atoms with van der Waals surface area (Å²) in [7, 11) is 0. The van der Waals surface area contributed by atoms with Gasteiger partial charge in [-0.3, -0.25) is 14.4 Å². The number of pyridine rings is 1. The van der Waals surface area contributed by atoms with E-state index in [9.17, 15) is 51.3 Å². The molecule has 0 aliphatic carbocycles. The van der Waals surface area contributed by atoms with Gasteiger partial charge in [0.25, 0.3) is 5.91 Å². The molecule has 16 heteroatoms. The van der Waals surface area contributed by atoms with E-state index >= 15 is 0 Å². The number of aromatic nitrogens is 1. The largest absolute Gasteiger partial charge is 0.505 e. The highest BCUT2D eigenvalue weighted by molar-refractivity contribution is 5.98. The first-order valence-corrected chi connectivity index (χ1v) is 14.2. The normalized spacial score (nSPS) is 23.9. The highest BCUT2D eigenvalue weighted by atomic mass is 19.2. The van der Waals surface area contributed by atoms with Crippen LogP contribution in [0.2, 0.25) is 0 Å². The summed E-state index contributed by atoms with van der Waals surface area (Å²) < 4.78 is 76.7. The topological polar surface area (TPSA) is 167 Å². The monoisotopic (exact) mass is 664 g/mol. The zero-order valence-corrected chi connectivity index (χ0v) is 24.8. The zero-order chi connectivity index (χ0) is 34.6. The number of nitrogens with one attached hydrogen (secondary N) is 3. The van der Waals surface area contributed by atoms with Gasteiger partial charge in [0.2, 0.25) is 17.6 Å². The molecule has 4 rings (SSSR count). The van der Waals surface area contributed by atoms with E-state index in [0.29, 0.717) is 5.56 Å². The van der Waals surface area contributed by atoms with Crippen molar-refractivity contribution in [3.8, 4) is 5.75 Å². The van der Waals surface area contributed by atoms with Crippen molar-refractivity contribution in [3.05, 3.63) is 94.6 Å². The molecular weight excluding hydrogens is 635 g/mol. The minimum Gasteiger partial charge on any atom is -0.505 e. The van der Waals surface area contributed by atoms with Gasteiger partial charge in [-0.2, -0.15) is 0 Å². The van der Waals surface area contributed by atoms with E-state index in [1.807, 2.05) is 0 Å². The summed E-state index contributed by atoms with van der Waals surface area (Å²) in [6.45, 7) is 2.33. The number of esters is 1. The fourth-order valence-electron chi connectivity index (χ4n) is 4.94. The van der Waals surface area contributed by atoms with Crippen molar-refractivity contribution >= 4 is 23.7 Å². The second-order valence-electron chi connectivity index (χ2n) is 10.9. The Balaban J connectivity index is 1.77. The Morgan fingerprint density at radius 2 is 1.49 bits per heavy atom. The number of carbonyl (C=O) groups excluding carboxylic acids is 4. The quantitative estimate of drug-likeness (QED) is 0.116. The standard InChI is InChI=1S/C31H29F5N4O7/c1-13-27(42)17(12-16-20(32)22(34)24(36)23(35)21(16)33)38-29(44)25(40-30(45)26-19(41)9-6-10-37-26)14(2)47-31(46)18(39-28(13)43)11-15-7-4-3-5-8-15/h3-10,13-14,17-18,25,27,41-42H,11-12H2,1-2H3,(H,38,44)(H,39,43)(H,40,45)/t13-,14-,17+,18?,25+,27+/m1/s1. The van der Waals surface area contributed by atoms with Crippen molar-refractivity contribution in [2.45, 2.75) is 57.0 Å². The Morgan fingerprint density at radius 1 is 0.872 bits per heavy atom. The first-order chi connectivity index (χ1) is 22.2. The maximum absolute atomic E-state index is 14.7. The summed E-state index contributed by atoms with van der Waals surface area (Å²) >= 11 is 0. The van der Waals surface area contributed by atoms with Gasteiger partial charge in [-0.25, -0.2) is 31.7 Å². The van der Waals surface area contributed by atoms with Crippen molar-refractivity contribution in [3.63, 3.8) is 0 Å². The number of nitrogens with zero attached hydrogens (tertiary/aromatic N) is 1. The average Bonchev–Trinajstić information content (AvgIpc) is 3.05. The van der Waals surface area contributed by atoms with Crippen LogP contribution in [0.5, 0.6) is 5.75 Å². The third-order valence-corrected chi connectivity index (χ3v) is 7.62. The molecule has 1 saturated heterocycles. The molecule has 1 aromatic heterocycles. The Bertz CT molecular complexity index is 1650. The first-order valence-electron chi connectivity index (χ1n) is 14.2. The maximum atomic E-state index is 14.7. The van der Waals surface area contributed by atoms with E-state index in [2.05, 4.69) is 20.9 Å². The fraction of sp³-hybridized carbons (Fsp3) is 0.323. The van der Waals surface area contributed by atoms with E-state index in [-0.39, 0.29) is 6.42 Å². The van der Waals surface area contributed by atoms with Gasteiger partial charge in [0.15, 0.2) is 29.0 Å². The molecule has 1 aliphatic heterocycles. The Labute approximate surface area is 264 Å². The summed E-state index contributed by atoms with van der Waals surface area (Å²) in [4.78, 5) is 57.0. The summed E-state index contributed by atoms with van der Waals surface area (Å²) in [5.74, 6) is -18.0. The van der Waals surface area contributed by atoms with Gasteiger partial charge in [0.05, 0.1) is 18.1 Å². The zero-order valence-electron chi connectivity index (χ0n) is 24.8. The lowest BCUT2D eigenvalue weighted by Crippen LogP contribution is -2.61. The molecule has 47 heavy (non-hydrogen) atoms. The van der Waals surface area contributed by atoms with Crippen LogP contribution in [0.15, 0.2) is 48.7 Å². The minimum atomic E-state index is -2.43. The van der Waals surface area contributed by atoms with Crippen molar-refractivity contribution < 1.29 is 56.1 Å². The van der Waals surface area contributed by atoms with Gasteiger partial charge in [-0.05, 0) is 24.6 Å². The molecular formula is C31H29F5N4O7. The number of rotatable bonds is 6. The summed E-state index contributed by atoms with van der Waals surface area (Å²) in [5, 5.41) is 28.1. The van der Waals surface area contributed by atoms with Crippen LogP contribution in [0.4, 0.5) is 22.0 Å². The molecule has 3 aromatic rings. The van der Waals surface area contributed by atoms with Crippen LogP contribution in [0.1, 0.15) is 35.5 Å². The fourth-order valence-corrected chi connectivity index (χ4v) is 4.94. The van der Waals surface area contributed by atoms with Gasteiger partial charge in [0, 0.05) is 24.6 Å². The molecule has 2 heterocycles. The summed E-state index contributed by atoms with van der Waals surface area (Å²) in [5.41, 5.74) is -1.36. The third-order valence-electron chi connectivity index (χ3n) is 7.62. The van der Waals surface area contributed by atoms with E-state index in [0.717, 1.165) is 19.2 Å². The lowest BCUT2D eigenvalue weighted by atomic mass is 9.90. The lowest BCUT2D eigenvalue weighted by molar-refractivity contribution is -0.156. The molecule has 0 bridgehead atoms. The Kier molecular flexibility index (Phi) is 10.7. The number of halogens is 5. The van der Waals surface area contributed by atoms with Crippen LogP contribution in [0.25, 0.3) is 0 Å². The molecule has 1 fully saturated rings. The lowest BCUT2D eigenvalue weighted by Gasteiger charge is -2.33. The number of benzene rings is 2. The average molecular weight is 665 g/mol. The second kappa shape index (κ2) is 14.5. The van der Waals surface area contributed by atoms with Gasteiger partial charge in [-0.15, -0.1) is 0 Å². The SMILES string of the molecule is C[C@H]1OC(=O)C(Cc2ccccc2)NC(=O)[C@H](C)[C@H](O)[C@H](Cc2c(F)c(F)c(F)c(F)c2F)NC(=O)[C@H]1NC(=O)c1ncccc1O. The molecule has 250 valence electrons.